The predicted molar refractivity (Wildman–Crippen MR) is 70.3 cm³/mol. The molecule has 0 heterocycles. The molecular formula is C15H14O4. The van der Waals surface area contributed by atoms with Gasteiger partial charge in [-0.2, -0.15) is 0 Å². The summed E-state index contributed by atoms with van der Waals surface area (Å²) in [6.45, 7) is 0. The zero-order valence-electron chi connectivity index (χ0n) is 10.5. The molecule has 2 aromatic rings. The van der Waals surface area contributed by atoms with Gasteiger partial charge in [0.05, 0.1) is 13.5 Å². The van der Waals surface area contributed by atoms with Crippen LogP contribution >= 0.6 is 0 Å². The van der Waals surface area contributed by atoms with Gasteiger partial charge in [-0.15, -0.1) is 0 Å². The molecule has 0 aliphatic rings. The summed E-state index contributed by atoms with van der Waals surface area (Å²) in [5, 5.41) is 9.39. The highest BCUT2D eigenvalue weighted by Crippen LogP contribution is 2.27. The number of hydrogen-bond donors (Lipinski definition) is 1. The van der Waals surface area contributed by atoms with Gasteiger partial charge in [-0.25, -0.2) is 0 Å². The molecule has 2 aromatic carbocycles. The van der Waals surface area contributed by atoms with Crippen molar-refractivity contribution in [3.8, 4) is 17.2 Å². The number of aromatic hydroxyl groups is 1. The van der Waals surface area contributed by atoms with Crippen LogP contribution in [0.3, 0.4) is 0 Å². The molecule has 19 heavy (non-hydrogen) atoms. The van der Waals surface area contributed by atoms with Gasteiger partial charge in [-0.3, -0.25) is 4.79 Å². The molecule has 0 bridgehead atoms. The van der Waals surface area contributed by atoms with Gasteiger partial charge in [0, 0.05) is 11.6 Å². The number of carbonyl (C=O) groups excluding carboxylic acids is 1. The van der Waals surface area contributed by atoms with Crippen molar-refractivity contribution >= 4 is 5.97 Å². The Morgan fingerprint density at radius 3 is 2.68 bits per heavy atom. The summed E-state index contributed by atoms with van der Waals surface area (Å²) in [5.74, 6) is 0.880. The van der Waals surface area contributed by atoms with Crippen LogP contribution in [0.2, 0.25) is 0 Å². The first-order valence-corrected chi connectivity index (χ1v) is 5.80. The molecule has 0 aliphatic carbocycles. The zero-order valence-corrected chi connectivity index (χ0v) is 10.5. The van der Waals surface area contributed by atoms with Gasteiger partial charge in [0.2, 0.25) is 0 Å². The first-order chi connectivity index (χ1) is 9.19. The maximum absolute atomic E-state index is 11.3. The summed E-state index contributed by atoms with van der Waals surface area (Å²) in [4.78, 5) is 11.3. The Morgan fingerprint density at radius 2 is 1.95 bits per heavy atom. The minimum atomic E-state index is -0.327. The normalized spacial score (nSPS) is 9.95. The summed E-state index contributed by atoms with van der Waals surface area (Å²) in [6, 6.07) is 13.7. The lowest BCUT2D eigenvalue weighted by Crippen LogP contribution is -2.05. The Labute approximate surface area is 111 Å². The van der Waals surface area contributed by atoms with Gasteiger partial charge in [0.25, 0.3) is 0 Å². The standard InChI is InChI=1S/C15H14O4/c1-18-15(17)9-11-5-2-3-8-14(11)19-13-7-4-6-12(16)10-13/h2-8,10,16H,9H2,1H3. The highest BCUT2D eigenvalue weighted by atomic mass is 16.5. The summed E-state index contributed by atoms with van der Waals surface area (Å²) in [7, 11) is 1.35. The van der Waals surface area contributed by atoms with E-state index in [1.807, 2.05) is 12.1 Å². The van der Waals surface area contributed by atoms with E-state index in [1.54, 1.807) is 30.3 Å². The second-order valence-corrected chi connectivity index (χ2v) is 3.96. The van der Waals surface area contributed by atoms with Crippen LogP contribution in [0.15, 0.2) is 48.5 Å². The Balaban J connectivity index is 2.22. The minimum Gasteiger partial charge on any atom is -0.508 e. The second-order valence-electron chi connectivity index (χ2n) is 3.96. The van der Waals surface area contributed by atoms with Crippen LogP contribution in [-0.4, -0.2) is 18.2 Å². The van der Waals surface area contributed by atoms with Crippen molar-refractivity contribution in [1.82, 2.24) is 0 Å². The van der Waals surface area contributed by atoms with Gasteiger partial charge in [-0.1, -0.05) is 24.3 Å². The number of rotatable bonds is 4. The van der Waals surface area contributed by atoms with E-state index in [1.165, 1.54) is 13.2 Å². The number of para-hydroxylation sites is 1. The molecule has 0 unspecified atom stereocenters. The van der Waals surface area contributed by atoms with E-state index in [0.717, 1.165) is 5.56 Å². The minimum absolute atomic E-state index is 0.128. The molecule has 0 fully saturated rings. The van der Waals surface area contributed by atoms with Crippen molar-refractivity contribution in [1.29, 1.82) is 0 Å². The summed E-state index contributed by atoms with van der Waals surface area (Å²) < 4.78 is 10.3. The highest BCUT2D eigenvalue weighted by molar-refractivity contribution is 5.73. The number of benzene rings is 2. The number of hydrogen-bond acceptors (Lipinski definition) is 4. The fraction of sp³-hybridized carbons (Fsp3) is 0.133. The third-order valence-electron chi connectivity index (χ3n) is 2.58. The summed E-state index contributed by atoms with van der Waals surface area (Å²) in [5.41, 5.74) is 0.734. The summed E-state index contributed by atoms with van der Waals surface area (Å²) in [6.07, 6.45) is 0.144. The lowest BCUT2D eigenvalue weighted by atomic mass is 10.1. The first-order valence-electron chi connectivity index (χ1n) is 5.80. The van der Waals surface area contributed by atoms with Crippen molar-refractivity contribution in [2.75, 3.05) is 7.11 Å². The van der Waals surface area contributed by atoms with Crippen LogP contribution in [0.25, 0.3) is 0 Å². The Bertz CT molecular complexity index is 578. The number of methoxy groups -OCH3 is 1. The average molecular weight is 258 g/mol. The van der Waals surface area contributed by atoms with Crippen LogP contribution in [0.4, 0.5) is 0 Å². The highest BCUT2D eigenvalue weighted by Gasteiger charge is 2.09. The quantitative estimate of drug-likeness (QED) is 0.857. The number of ether oxygens (including phenoxy) is 2. The third-order valence-corrected chi connectivity index (χ3v) is 2.58. The Kier molecular flexibility index (Phi) is 4.03. The molecule has 1 N–H and O–H groups in total. The van der Waals surface area contributed by atoms with E-state index < -0.39 is 0 Å². The topological polar surface area (TPSA) is 55.8 Å². The van der Waals surface area contributed by atoms with Gasteiger partial charge >= 0.3 is 5.97 Å². The molecule has 0 aliphatic heterocycles. The monoisotopic (exact) mass is 258 g/mol. The summed E-state index contributed by atoms with van der Waals surface area (Å²) >= 11 is 0. The second kappa shape index (κ2) is 5.91. The predicted octanol–water partition coefficient (Wildman–Crippen LogP) is 2.90. The van der Waals surface area contributed by atoms with E-state index in [0.29, 0.717) is 11.5 Å². The molecule has 2 rings (SSSR count). The van der Waals surface area contributed by atoms with E-state index in [4.69, 9.17) is 4.74 Å². The molecule has 4 heteroatoms. The Morgan fingerprint density at radius 1 is 1.16 bits per heavy atom. The van der Waals surface area contributed by atoms with Gasteiger partial charge in [0.1, 0.15) is 17.2 Å². The largest absolute Gasteiger partial charge is 0.508 e. The third kappa shape index (κ3) is 3.48. The van der Waals surface area contributed by atoms with Crippen LogP contribution in [-0.2, 0) is 16.0 Å². The molecular weight excluding hydrogens is 244 g/mol. The van der Waals surface area contributed by atoms with E-state index in [9.17, 15) is 9.90 Å². The molecule has 0 saturated heterocycles. The number of phenolic OH excluding ortho intramolecular Hbond substituents is 1. The Hall–Kier alpha value is -2.49. The SMILES string of the molecule is COC(=O)Cc1ccccc1Oc1cccc(O)c1. The smallest absolute Gasteiger partial charge is 0.310 e. The molecule has 0 saturated carbocycles. The lowest BCUT2D eigenvalue weighted by molar-refractivity contribution is -0.139. The molecule has 0 aromatic heterocycles. The lowest BCUT2D eigenvalue weighted by Gasteiger charge is -2.10. The van der Waals surface area contributed by atoms with E-state index in [2.05, 4.69) is 4.74 Å². The van der Waals surface area contributed by atoms with Crippen LogP contribution in [0.1, 0.15) is 5.56 Å². The van der Waals surface area contributed by atoms with Gasteiger partial charge in [-0.05, 0) is 18.2 Å². The van der Waals surface area contributed by atoms with E-state index in [-0.39, 0.29) is 18.1 Å². The van der Waals surface area contributed by atoms with Crippen LogP contribution in [0.5, 0.6) is 17.2 Å². The molecule has 0 atom stereocenters. The van der Waals surface area contributed by atoms with Crippen LogP contribution < -0.4 is 4.74 Å². The van der Waals surface area contributed by atoms with Gasteiger partial charge < -0.3 is 14.6 Å². The van der Waals surface area contributed by atoms with Crippen molar-refractivity contribution in [2.24, 2.45) is 0 Å². The maximum Gasteiger partial charge on any atom is 0.310 e. The molecule has 0 amide bonds. The van der Waals surface area contributed by atoms with Crippen molar-refractivity contribution in [3.63, 3.8) is 0 Å². The van der Waals surface area contributed by atoms with Crippen molar-refractivity contribution in [3.05, 3.63) is 54.1 Å². The number of esters is 1. The molecule has 0 radical (unpaired) electrons. The fourth-order valence-corrected chi connectivity index (χ4v) is 1.65. The van der Waals surface area contributed by atoms with Crippen molar-refractivity contribution < 1.29 is 19.4 Å². The van der Waals surface area contributed by atoms with Gasteiger partial charge in [0.15, 0.2) is 0 Å². The maximum atomic E-state index is 11.3. The zero-order chi connectivity index (χ0) is 13.7. The van der Waals surface area contributed by atoms with Crippen LogP contribution in [0, 0.1) is 0 Å². The number of phenols is 1. The molecule has 0 spiro atoms. The van der Waals surface area contributed by atoms with Crippen molar-refractivity contribution in [2.45, 2.75) is 6.42 Å². The number of carbonyl (C=O) groups is 1. The molecule has 4 nitrogen and oxygen atoms in total. The fourth-order valence-electron chi connectivity index (χ4n) is 1.65. The molecule has 98 valence electrons. The first kappa shape index (κ1) is 13.0. The van der Waals surface area contributed by atoms with E-state index >= 15 is 0 Å². The average Bonchev–Trinajstić information content (AvgIpc) is 2.41.